The average Bonchev–Trinajstić information content (AvgIpc) is 3.35. The molecule has 134 valence electrons. The van der Waals surface area contributed by atoms with Crippen LogP contribution in [0.4, 0.5) is 0 Å². The first-order valence-electron chi connectivity index (χ1n) is 8.63. The number of thiophene rings is 1. The number of benzene rings is 1. The van der Waals surface area contributed by atoms with E-state index in [1.165, 1.54) is 10.4 Å². The molecule has 1 amide bonds. The van der Waals surface area contributed by atoms with E-state index in [1.54, 1.807) is 11.3 Å². The van der Waals surface area contributed by atoms with Crippen LogP contribution < -0.4 is 4.74 Å². The minimum Gasteiger partial charge on any atom is -0.439 e. The summed E-state index contributed by atoms with van der Waals surface area (Å²) >= 11 is 1.77. The molecule has 0 fully saturated rings. The van der Waals surface area contributed by atoms with E-state index in [0.29, 0.717) is 12.4 Å². The molecule has 1 aromatic carbocycles. The van der Waals surface area contributed by atoms with Crippen LogP contribution in [0.1, 0.15) is 29.8 Å². The van der Waals surface area contributed by atoms with Crippen molar-refractivity contribution in [3.05, 3.63) is 52.2 Å². The van der Waals surface area contributed by atoms with E-state index in [1.807, 2.05) is 35.2 Å². The SMILES string of the molecule is CC[C@H]1c2ccsc2CCN1C(=O)COc1nnc(-c2ccccc2)o1. The average molecular weight is 369 g/mol. The van der Waals surface area contributed by atoms with Gasteiger partial charge in [-0.25, -0.2) is 0 Å². The molecule has 0 spiro atoms. The number of carbonyl (C=O) groups excluding carboxylic acids is 1. The fraction of sp³-hybridized carbons (Fsp3) is 0.316. The normalized spacial score (nSPS) is 16.3. The van der Waals surface area contributed by atoms with Gasteiger partial charge in [0.15, 0.2) is 6.61 Å². The zero-order chi connectivity index (χ0) is 17.9. The predicted octanol–water partition coefficient (Wildman–Crippen LogP) is 3.71. The van der Waals surface area contributed by atoms with Crippen LogP contribution in [0.15, 0.2) is 46.2 Å². The maximum Gasteiger partial charge on any atom is 0.415 e. The van der Waals surface area contributed by atoms with Crippen molar-refractivity contribution in [2.24, 2.45) is 0 Å². The molecule has 0 bridgehead atoms. The third-order valence-electron chi connectivity index (χ3n) is 4.55. The molecule has 0 aliphatic carbocycles. The van der Waals surface area contributed by atoms with Crippen molar-refractivity contribution in [3.63, 3.8) is 0 Å². The highest BCUT2D eigenvalue weighted by molar-refractivity contribution is 7.10. The van der Waals surface area contributed by atoms with Crippen LogP contribution in [0.25, 0.3) is 11.5 Å². The maximum atomic E-state index is 12.7. The molecule has 1 aliphatic heterocycles. The van der Waals surface area contributed by atoms with E-state index < -0.39 is 0 Å². The molecule has 2 aromatic heterocycles. The van der Waals surface area contributed by atoms with Crippen molar-refractivity contribution in [2.45, 2.75) is 25.8 Å². The lowest BCUT2D eigenvalue weighted by Gasteiger charge is -2.35. The summed E-state index contributed by atoms with van der Waals surface area (Å²) in [5.41, 5.74) is 2.08. The van der Waals surface area contributed by atoms with E-state index in [9.17, 15) is 4.79 Å². The number of carbonyl (C=O) groups is 1. The molecule has 4 rings (SSSR count). The third-order valence-corrected chi connectivity index (χ3v) is 5.54. The molecule has 3 aromatic rings. The van der Waals surface area contributed by atoms with Crippen LogP contribution in [0.2, 0.25) is 0 Å². The lowest BCUT2D eigenvalue weighted by Crippen LogP contribution is -2.41. The van der Waals surface area contributed by atoms with Gasteiger partial charge in [-0.1, -0.05) is 30.2 Å². The fourth-order valence-electron chi connectivity index (χ4n) is 3.31. The Hall–Kier alpha value is -2.67. The summed E-state index contributed by atoms with van der Waals surface area (Å²) < 4.78 is 10.9. The van der Waals surface area contributed by atoms with Gasteiger partial charge >= 0.3 is 6.08 Å². The Balaban J connectivity index is 1.41. The molecular formula is C19H19N3O3S. The molecule has 1 atom stereocenters. The molecule has 0 saturated heterocycles. The van der Waals surface area contributed by atoms with E-state index in [-0.39, 0.29) is 24.6 Å². The highest BCUT2D eigenvalue weighted by Gasteiger charge is 2.30. The Labute approximate surface area is 155 Å². The molecule has 3 heterocycles. The van der Waals surface area contributed by atoms with Gasteiger partial charge in [0.2, 0.25) is 0 Å². The Kier molecular flexibility index (Phi) is 4.71. The maximum absolute atomic E-state index is 12.7. The summed E-state index contributed by atoms with van der Waals surface area (Å²) in [6.45, 7) is 2.71. The van der Waals surface area contributed by atoms with Crippen LogP contribution in [-0.2, 0) is 11.2 Å². The second-order valence-corrected chi connectivity index (χ2v) is 7.09. The molecule has 0 unspecified atom stereocenters. The van der Waals surface area contributed by atoms with Crippen LogP contribution in [-0.4, -0.2) is 34.2 Å². The van der Waals surface area contributed by atoms with Gasteiger partial charge in [0, 0.05) is 17.0 Å². The molecule has 6 nitrogen and oxygen atoms in total. The first-order chi connectivity index (χ1) is 12.8. The summed E-state index contributed by atoms with van der Waals surface area (Å²) in [6, 6.07) is 11.7. The monoisotopic (exact) mass is 369 g/mol. The van der Waals surface area contributed by atoms with Gasteiger partial charge in [-0.15, -0.1) is 16.4 Å². The van der Waals surface area contributed by atoms with Crippen molar-refractivity contribution in [2.75, 3.05) is 13.2 Å². The summed E-state index contributed by atoms with van der Waals surface area (Å²) in [4.78, 5) is 15.9. The first kappa shape index (κ1) is 16.8. The predicted molar refractivity (Wildman–Crippen MR) is 98.0 cm³/mol. The Morgan fingerprint density at radius 2 is 2.15 bits per heavy atom. The van der Waals surface area contributed by atoms with Crippen molar-refractivity contribution >= 4 is 17.2 Å². The summed E-state index contributed by atoms with van der Waals surface area (Å²) in [5, 5.41) is 9.93. The van der Waals surface area contributed by atoms with Gasteiger partial charge < -0.3 is 14.1 Å². The molecule has 0 saturated carbocycles. The van der Waals surface area contributed by atoms with Crippen LogP contribution in [0.5, 0.6) is 6.08 Å². The van der Waals surface area contributed by atoms with Crippen molar-refractivity contribution in [1.82, 2.24) is 15.1 Å². The topological polar surface area (TPSA) is 68.5 Å². The van der Waals surface area contributed by atoms with Crippen molar-refractivity contribution in [3.8, 4) is 17.5 Å². The lowest BCUT2D eigenvalue weighted by molar-refractivity contribution is -0.136. The van der Waals surface area contributed by atoms with E-state index in [4.69, 9.17) is 9.15 Å². The zero-order valence-corrected chi connectivity index (χ0v) is 15.2. The first-order valence-corrected chi connectivity index (χ1v) is 9.51. The Morgan fingerprint density at radius 3 is 2.96 bits per heavy atom. The van der Waals surface area contributed by atoms with Gasteiger partial charge in [0.25, 0.3) is 11.8 Å². The van der Waals surface area contributed by atoms with Gasteiger partial charge in [0.1, 0.15) is 0 Å². The second-order valence-electron chi connectivity index (χ2n) is 6.09. The number of hydrogen-bond donors (Lipinski definition) is 0. The smallest absolute Gasteiger partial charge is 0.415 e. The van der Waals surface area contributed by atoms with E-state index in [0.717, 1.165) is 18.4 Å². The molecule has 0 N–H and O–H groups in total. The van der Waals surface area contributed by atoms with Gasteiger partial charge in [-0.2, -0.15) is 0 Å². The number of amides is 1. The molecule has 1 aliphatic rings. The Bertz CT molecular complexity index is 890. The number of aromatic nitrogens is 2. The largest absolute Gasteiger partial charge is 0.439 e. The fourth-order valence-corrected chi connectivity index (χ4v) is 4.24. The van der Waals surface area contributed by atoms with Gasteiger partial charge in [0.05, 0.1) is 6.04 Å². The van der Waals surface area contributed by atoms with Crippen molar-refractivity contribution < 1.29 is 13.9 Å². The lowest BCUT2D eigenvalue weighted by atomic mass is 9.98. The zero-order valence-electron chi connectivity index (χ0n) is 14.4. The van der Waals surface area contributed by atoms with Crippen LogP contribution in [0.3, 0.4) is 0 Å². The summed E-state index contributed by atoms with van der Waals surface area (Å²) in [7, 11) is 0. The summed E-state index contributed by atoms with van der Waals surface area (Å²) in [6.07, 6.45) is 1.79. The molecule has 7 heteroatoms. The molecule has 26 heavy (non-hydrogen) atoms. The molecule has 0 radical (unpaired) electrons. The minimum atomic E-state index is -0.105. The minimum absolute atomic E-state index is 0.0125. The third kappa shape index (κ3) is 3.22. The quantitative estimate of drug-likeness (QED) is 0.686. The second kappa shape index (κ2) is 7.29. The van der Waals surface area contributed by atoms with Gasteiger partial charge in [-0.05, 0) is 42.0 Å². The van der Waals surface area contributed by atoms with E-state index in [2.05, 4.69) is 28.6 Å². The number of rotatable bonds is 5. The number of hydrogen-bond acceptors (Lipinski definition) is 6. The molecular weight excluding hydrogens is 350 g/mol. The number of ether oxygens (including phenoxy) is 1. The van der Waals surface area contributed by atoms with E-state index >= 15 is 0 Å². The summed E-state index contributed by atoms with van der Waals surface area (Å²) in [5.74, 6) is 0.313. The number of nitrogens with zero attached hydrogens (tertiary/aromatic N) is 3. The standard InChI is InChI=1S/C19H19N3O3S/c1-2-15-14-9-11-26-16(14)8-10-22(15)17(23)12-24-19-21-20-18(25-19)13-6-4-3-5-7-13/h3-7,9,11,15H,2,8,10,12H2,1H3/t15-/m0/s1. The highest BCUT2D eigenvalue weighted by Crippen LogP contribution is 2.35. The van der Waals surface area contributed by atoms with Crippen LogP contribution >= 0.6 is 11.3 Å². The van der Waals surface area contributed by atoms with Crippen LogP contribution in [0, 0.1) is 0 Å². The number of fused-ring (bicyclic) bond motifs is 1. The van der Waals surface area contributed by atoms with Gasteiger partial charge in [-0.3, -0.25) is 4.79 Å². The Morgan fingerprint density at radius 1 is 1.31 bits per heavy atom. The van der Waals surface area contributed by atoms with Crippen molar-refractivity contribution in [1.29, 1.82) is 0 Å². The highest BCUT2D eigenvalue weighted by atomic mass is 32.1.